The maximum Gasteiger partial charge on any atom is 0.304 e. The second-order valence-electron chi connectivity index (χ2n) is 6.95. The topological polar surface area (TPSA) is 61.1 Å². The predicted molar refractivity (Wildman–Crippen MR) is 111 cm³/mol. The van der Waals surface area contributed by atoms with Crippen molar-refractivity contribution < 1.29 is 9.90 Å². The second kappa shape index (κ2) is 7.54. The highest BCUT2D eigenvalue weighted by molar-refractivity contribution is 5.90. The van der Waals surface area contributed by atoms with E-state index < -0.39 is 11.9 Å². The summed E-state index contributed by atoms with van der Waals surface area (Å²) in [5.74, 6) is -1.97. The molecule has 0 radical (unpaired) electrons. The smallest absolute Gasteiger partial charge is 0.304 e. The average Bonchev–Trinajstić information content (AvgIpc) is 2.73. The Kier molecular flexibility index (Phi) is 4.78. The van der Waals surface area contributed by atoms with E-state index in [0.29, 0.717) is 0 Å². The van der Waals surface area contributed by atoms with E-state index >= 15 is 0 Å². The van der Waals surface area contributed by atoms with E-state index in [2.05, 4.69) is 6.07 Å². The second-order valence-corrected chi connectivity index (χ2v) is 6.95. The van der Waals surface area contributed by atoms with Gasteiger partial charge in [0.25, 0.3) is 0 Å². The fraction of sp³-hybridized carbons (Fsp3) is 0.120. The summed E-state index contributed by atoms with van der Waals surface area (Å²) in [5, 5.41) is 23.6. The maximum atomic E-state index is 11.5. The molecule has 0 heterocycles. The van der Waals surface area contributed by atoms with Crippen LogP contribution in [-0.2, 0) is 4.79 Å². The quantitative estimate of drug-likeness (QED) is 0.490. The first-order valence-corrected chi connectivity index (χ1v) is 9.26. The molecule has 136 valence electrons. The molecule has 0 fully saturated rings. The number of hydrogen-bond donors (Lipinski definition) is 1. The van der Waals surface area contributed by atoms with Gasteiger partial charge in [-0.1, -0.05) is 84.9 Å². The lowest BCUT2D eigenvalue weighted by atomic mass is 9.76. The van der Waals surface area contributed by atoms with Gasteiger partial charge < -0.3 is 5.11 Å². The molecule has 0 saturated carbocycles. The molecule has 0 aliphatic rings. The molecule has 0 bridgehead atoms. The highest BCUT2D eigenvalue weighted by Gasteiger charge is 2.29. The van der Waals surface area contributed by atoms with Gasteiger partial charge in [-0.2, -0.15) is 5.26 Å². The molecule has 0 spiro atoms. The number of benzene rings is 4. The van der Waals surface area contributed by atoms with E-state index in [0.717, 1.165) is 32.7 Å². The van der Waals surface area contributed by atoms with Gasteiger partial charge in [-0.15, -0.1) is 0 Å². The van der Waals surface area contributed by atoms with Crippen molar-refractivity contribution in [3.8, 4) is 6.07 Å². The molecule has 1 atom stereocenters. The summed E-state index contributed by atoms with van der Waals surface area (Å²) in [5.41, 5.74) is 1.98. The van der Waals surface area contributed by atoms with Crippen LogP contribution in [0.4, 0.5) is 0 Å². The van der Waals surface area contributed by atoms with Crippen molar-refractivity contribution in [3.63, 3.8) is 0 Å². The standard InChI is InChI=1S/C25H19NO2/c26-16-19(15-24(27)28)25(22-13-5-9-17-7-1-3-11-20(17)22)23-14-6-10-18-8-2-4-12-21(18)23/h1-14,19,25H,15H2,(H,27,28). The Bertz CT molecular complexity index is 1120. The van der Waals surface area contributed by atoms with Gasteiger partial charge >= 0.3 is 5.97 Å². The molecule has 0 aromatic heterocycles. The highest BCUT2D eigenvalue weighted by Crippen LogP contribution is 2.40. The Morgan fingerprint density at radius 1 is 0.786 bits per heavy atom. The fourth-order valence-corrected chi connectivity index (χ4v) is 4.07. The number of carbonyl (C=O) groups is 1. The zero-order valence-electron chi connectivity index (χ0n) is 15.2. The lowest BCUT2D eigenvalue weighted by molar-refractivity contribution is -0.137. The van der Waals surface area contributed by atoms with Crippen molar-refractivity contribution in [2.75, 3.05) is 0 Å². The highest BCUT2D eigenvalue weighted by atomic mass is 16.4. The molecule has 1 unspecified atom stereocenters. The Morgan fingerprint density at radius 2 is 1.25 bits per heavy atom. The van der Waals surface area contributed by atoms with Crippen LogP contribution in [0.3, 0.4) is 0 Å². The third-order valence-corrected chi connectivity index (χ3v) is 5.28. The van der Waals surface area contributed by atoms with E-state index in [1.807, 2.05) is 84.9 Å². The minimum absolute atomic E-state index is 0.201. The van der Waals surface area contributed by atoms with E-state index in [9.17, 15) is 15.2 Å². The lowest BCUT2D eigenvalue weighted by Gasteiger charge is -2.25. The molecule has 0 amide bonds. The zero-order valence-corrected chi connectivity index (χ0v) is 15.2. The molecule has 1 N–H and O–H groups in total. The zero-order chi connectivity index (χ0) is 19.5. The van der Waals surface area contributed by atoms with Gasteiger partial charge in [0.1, 0.15) is 0 Å². The number of hydrogen-bond acceptors (Lipinski definition) is 2. The normalized spacial score (nSPS) is 12.1. The third-order valence-electron chi connectivity index (χ3n) is 5.28. The van der Waals surface area contributed by atoms with Crippen LogP contribution in [0, 0.1) is 17.2 Å². The average molecular weight is 365 g/mol. The Hall–Kier alpha value is -3.64. The molecule has 0 aliphatic carbocycles. The number of fused-ring (bicyclic) bond motifs is 2. The number of carboxylic acid groups (broad SMARTS) is 1. The monoisotopic (exact) mass is 365 g/mol. The number of rotatable bonds is 5. The number of carboxylic acids is 1. The minimum atomic E-state index is -0.961. The van der Waals surface area contributed by atoms with E-state index in [-0.39, 0.29) is 12.3 Å². The fourth-order valence-electron chi connectivity index (χ4n) is 4.07. The number of nitriles is 1. The number of aliphatic carboxylic acids is 1. The number of nitrogens with zero attached hydrogens (tertiary/aromatic N) is 1. The largest absolute Gasteiger partial charge is 0.481 e. The van der Waals surface area contributed by atoms with Gasteiger partial charge in [0.2, 0.25) is 0 Å². The van der Waals surface area contributed by atoms with Gasteiger partial charge in [0, 0.05) is 5.92 Å². The summed E-state index contributed by atoms with van der Waals surface area (Å²) >= 11 is 0. The molecule has 28 heavy (non-hydrogen) atoms. The first-order valence-electron chi connectivity index (χ1n) is 9.26. The molecule has 4 aromatic rings. The molecular formula is C25H19NO2. The predicted octanol–water partition coefficient (Wildman–Crippen LogP) is 5.74. The molecule has 3 heteroatoms. The molecule has 0 saturated heterocycles. The first kappa shape index (κ1) is 17.8. The van der Waals surface area contributed by atoms with Gasteiger partial charge in [-0.05, 0) is 32.7 Å². The lowest BCUT2D eigenvalue weighted by Crippen LogP contribution is -2.17. The summed E-state index contributed by atoms with van der Waals surface area (Å²) < 4.78 is 0. The van der Waals surface area contributed by atoms with Crippen LogP contribution in [0.25, 0.3) is 21.5 Å². The summed E-state index contributed by atoms with van der Waals surface area (Å²) in [6, 6.07) is 30.4. The van der Waals surface area contributed by atoms with Crippen molar-refractivity contribution in [2.24, 2.45) is 5.92 Å². The van der Waals surface area contributed by atoms with E-state index in [1.165, 1.54) is 0 Å². The van der Waals surface area contributed by atoms with Crippen LogP contribution in [0.5, 0.6) is 0 Å². The van der Waals surface area contributed by atoms with Crippen LogP contribution in [0.15, 0.2) is 84.9 Å². The van der Waals surface area contributed by atoms with E-state index in [4.69, 9.17) is 0 Å². The van der Waals surface area contributed by atoms with Crippen molar-refractivity contribution in [1.82, 2.24) is 0 Å². The Labute approximate surface area is 163 Å². The van der Waals surface area contributed by atoms with Crippen LogP contribution in [-0.4, -0.2) is 11.1 Å². The van der Waals surface area contributed by atoms with Crippen LogP contribution in [0.1, 0.15) is 23.5 Å². The van der Waals surface area contributed by atoms with Crippen molar-refractivity contribution >= 4 is 27.5 Å². The van der Waals surface area contributed by atoms with Crippen LogP contribution >= 0.6 is 0 Å². The molecular weight excluding hydrogens is 346 g/mol. The van der Waals surface area contributed by atoms with Crippen LogP contribution in [0.2, 0.25) is 0 Å². The summed E-state index contributed by atoms with van der Waals surface area (Å²) in [7, 11) is 0. The van der Waals surface area contributed by atoms with Gasteiger partial charge in [-0.25, -0.2) is 0 Å². The first-order chi connectivity index (χ1) is 13.7. The van der Waals surface area contributed by atoms with Gasteiger partial charge in [-0.3, -0.25) is 4.79 Å². The third kappa shape index (κ3) is 3.21. The summed E-state index contributed by atoms with van der Waals surface area (Å²) in [6.45, 7) is 0. The molecule has 0 aliphatic heterocycles. The Balaban J connectivity index is 2.02. The summed E-state index contributed by atoms with van der Waals surface area (Å²) in [6.07, 6.45) is -0.201. The Morgan fingerprint density at radius 3 is 1.71 bits per heavy atom. The van der Waals surface area contributed by atoms with Crippen molar-refractivity contribution in [2.45, 2.75) is 12.3 Å². The molecule has 4 rings (SSSR count). The maximum absolute atomic E-state index is 11.5. The van der Waals surface area contributed by atoms with Crippen molar-refractivity contribution in [1.29, 1.82) is 5.26 Å². The van der Waals surface area contributed by atoms with Crippen LogP contribution < -0.4 is 0 Å². The van der Waals surface area contributed by atoms with Gasteiger partial charge in [0.15, 0.2) is 0 Å². The van der Waals surface area contributed by atoms with E-state index in [1.54, 1.807) is 0 Å². The summed E-state index contributed by atoms with van der Waals surface area (Å²) in [4.78, 5) is 11.5. The molecule has 3 nitrogen and oxygen atoms in total. The van der Waals surface area contributed by atoms with Gasteiger partial charge in [0.05, 0.1) is 18.4 Å². The van der Waals surface area contributed by atoms with Crippen molar-refractivity contribution in [3.05, 3.63) is 96.1 Å². The SMILES string of the molecule is N#CC(CC(=O)O)C(c1cccc2ccccc12)c1cccc2ccccc12. The molecule has 4 aromatic carbocycles. The minimum Gasteiger partial charge on any atom is -0.481 e.